The summed E-state index contributed by atoms with van der Waals surface area (Å²) in [6.07, 6.45) is 1.37. The Bertz CT molecular complexity index is 551. The second-order valence-corrected chi connectivity index (χ2v) is 3.33. The molecule has 4 nitrogen and oxygen atoms in total. The molecule has 0 atom stereocenters. The van der Waals surface area contributed by atoms with Gasteiger partial charge >= 0.3 is 0 Å². The highest BCUT2D eigenvalue weighted by Gasteiger charge is 2.04. The van der Waals surface area contributed by atoms with Crippen LogP contribution in [0.4, 0.5) is 0 Å². The number of aromatic nitrogens is 2. The van der Waals surface area contributed by atoms with Gasteiger partial charge in [0.2, 0.25) is 5.28 Å². The fourth-order valence-corrected chi connectivity index (χ4v) is 1.39. The Kier molecular flexibility index (Phi) is 2.43. The molecule has 15 heavy (non-hydrogen) atoms. The number of phenolic OH excluding ortho intramolecular Hbond substituents is 1. The van der Waals surface area contributed by atoms with Crippen LogP contribution in [0.5, 0.6) is 5.75 Å². The molecule has 1 aromatic heterocycles. The first-order valence-electron chi connectivity index (χ1n) is 4.21. The van der Waals surface area contributed by atoms with Gasteiger partial charge in [0.25, 0.3) is 5.56 Å². The number of phenols is 1. The Morgan fingerprint density at radius 2 is 2.20 bits per heavy atom. The SMILES string of the molecule is O=c1[nH]c(Cl)ncc1-c1cccc(O)c1. The quantitative estimate of drug-likeness (QED) is 0.723. The minimum Gasteiger partial charge on any atom is -0.508 e. The molecule has 1 aromatic carbocycles. The van der Waals surface area contributed by atoms with Crippen LogP contribution in [-0.2, 0) is 0 Å². The molecule has 76 valence electrons. The summed E-state index contributed by atoms with van der Waals surface area (Å²) in [5, 5.41) is 9.31. The van der Waals surface area contributed by atoms with Gasteiger partial charge in [0.1, 0.15) is 5.75 Å². The lowest BCUT2D eigenvalue weighted by Gasteiger charge is -2.00. The van der Waals surface area contributed by atoms with Crippen molar-refractivity contribution in [2.45, 2.75) is 0 Å². The summed E-state index contributed by atoms with van der Waals surface area (Å²) in [5.74, 6) is 0.0989. The first kappa shape index (κ1) is 9.73. The van der Waals surface area contributed by atoms with Crippen LogP contribution in [0.3, 0.4) is 0 Å². The van der Waals surface area contributed by atoms with Crippen molar-refractivity contribution in [2.75, 3.05) is 0 Å². The van der Waals surface area contributed by atoms with Gasteiger partial charge in [-0.05, 0) is 29.3 Å². The second-order valence-electron chi connectivity index (χ2n) is 2.97. The van der Waals surface area contributed by atoms with E-state index in [1.165, 1.54) is 18.3 Å². The lowest BCUT2D eigenvalue weighted by molar-refractivity contribution is 0.475. The van der Waals surface area contributed by atoms with Gasteiger partial charge in [0.15, 0.2) is 0 Å². The molecule has 2 rings (SSSR count). The van der Waals surface area contributed by atoms with Gasteiger partial charge in [0.05, 0.1) is 5.56 Å². The predicted molar refractivity (Wildman–Crippen MR) is 57.0 cm³/mol. The predicted octanol–water partition coefficient (Wildman–Crippen LogP) is 1.80. The molecule has 5 heteroatoms. The number of hydrogen-bond acceptors (Lipinski definition) is 3. The van der Waals surface area contributed by atoms with Crippen molar-refractivity contribution in [3.8, 4) is 16.9 Å². The molecule has 0 spiro atoms. The highest BCUT2D eigenvalue weighted by Crippen LogP contribution is 2.19. The fourth-order valence-electron chi connectivity index (χ4n) is 1.25. The van der Waals surface area contributed by atoms with E-state index in [1.807, 2.05) is 0 Å². The molecule has 0 radical (unpaired) electrons. The number of H-pyrrole nitrogens is 1. The molecular formula is C10H7ClN2O2. The van der Waals surface area contributed by atoms with Gasteiger partial charge in [-0.25, -0.2) is 4.98 Å². The highest BCUT2D eigenvalue weighted by molar-refractivity contribution is 6.28. The van der Waals surface area contributed by atoms with E-state index >= 15 is 0 Å². The summed E-state index contributed by atoms with van der Waals surface area (Å²) in [5.41, 5.74) is 0.635. The number of aromatic hydroxyl groups is 1. The van der Waals surface area contributed by atoms with Crippen LogP contribution in [0.1, 0.15) is 0 Å². The van der Waals surface area contributed by atoms with E-state index in [-0.39, 0.29) is 16.6 Å². The van der Waals surface area contributed by atoms with E-state index in [0.29, 0.717) is 11.1 Å². The summed E-state index contributed by atoms with van der Waals surface area (Å²) >= 11 is 5.52. The Balaban J connectivity index is 2.59. The average molecular weight is 223 g/mol. The van der Waals surface area contributed by atoms with Crippen LogP contribution in [0.15, 0.2) is 35.3 Å². The second kappa shape index (κ2) is 3.74. The number of aromatic amines is 1. The summed E-state index contributed by atoms with van der Waals surface area (Å²) in [6.45, 7) is 0. The minimum atomic E-state index is -0.333. The molecule has 0 aliphatic carbocycles. The fraction of sp³-hybridized carbons (Fsp3) is 0. The standard InChI is InChI=1S/C10H7ClN2O2/c11-10-12-5-8(9(15)13-10)6-2-1-3-7(14)4-6/h1-5,14H,(H,12,13,15). The maximum absolute atomic E-state index is 11.5. The Morgan fingerprint density at radius 3 is 2.87 bits per heavy atom. The molecule has 0 fully saturated rings. The smallest absolute Gasteiger partial charge is 0.259 e. The van der Waals surface area contributed by atoms with Gasteiger partial charge < -0.3 is 5.11 Å². The van der Waals surface area contributed by atoms with Crippen LogP contribution in [0, 0.1) is 0 Å². The first-order chi connectivity index (χ1) is 7.16. The van der Waals surface area contributed by atoms with Gasteiger partial charge in [-0.1, -0.05) is 12.1 Å². The van der Waals surface area contributed by atoms with Crippen LogP contribution < -0.4 is 5.56 Å². The molecule has 0 saturated heterocycles. The summed E-state index contributed by atoms with van der Waals surface area (Å²) < 4.78 is 0. The van der Waals surface area contributed by atoms with E-state index in [9.17, 15) is 9.90 Å². The lowest BCUT2D eigenvalue weighted by atomic mass is 10.1. The zero-order valence-corrected chi connectivity index (χ0v) is 8.32. The molecule has 0 aliphatic rings. The van der Waals surface area contributed by atoms with Gasteiger partial charge in [-0.3, -0.25) is 9.78 Å². The molecular weight excluding hydrogens is 216 g/mol. The third-order valence-corrected chi connectivity index (χ3v) is 2.12. The number of halogens is 1. The van der Waals surface area contributed by atoms with Crippen molar-refractivity contribution in [3.05, 3.63) is 46.1 Å². The minimum absolute atomic E-state index is 0.0453. The van der Waals surface area contributed by atoms with Gasteiger partial charge in [-0.15, -0.1) is 0 Å². The number of benzene rings is 1. The molecule has 0 unspecified atom stereocenters. The monoisotopic (exact) mass is 222 g/mol. The van der Waals surface area contributed by atoms with Crippen molar-refractivity contribution in [1.82, 2.24) is 9.97 Å². The molecule has 2 N–H and O–H groups in total. The Morgan fingerprint density at radius 1 is 1.40 bits per heavy atom. The third kappa shape index (κ3) is 1.99. The zero-order chi connectivity index (χ0) is 10.8. The van der Waals surface area contributed by atoms with Crippen molar-refractivity contribution in [3.63, 3.8) is 0 Å². The third-order valence-electron chi connectivity index (χ3n) is 1.93. The molecule has 0 saturated carbocycles. The normalized spacial score (nSPS) is 10.2. The Labute approximate surface area is 90.2 Å². The average Bonchev–Trinajstić information content (AvgIpc) is 2.17. The van der Waals surface area contributed by atoms with Crippen molar-refractivity contribution >= 4 is 11.6 Å². The molecule has 1 heterocycles. The molecule has 0 aliphatic heterocycles. The van der Waals surface area contributed by atoms with E-state index in [1.54, 1.807) is 12.1 Å². The molecule has 0 amide bonds. The van der Waals surface area contributed by atoms with Crippen LogP contribution >= 0.6 is 11.6 Å². The first-order valence-corrected chi connectivity index (χ1v) is 4.59. The topological polar surface area (TPSA) is 66.0 Å². The number of nitrogens with zero attached hydrogens (tertiary/aromatic N) is 1. The van der Waals surface area contributed by atoms with Crippen molar-refractivity contribution in [1.29, 1.82) is 0 Å². The largest absolute Gasteiger partial charge is 0.508 e. The summed E-state index contributed by atoms with van der Waals surface area (Å²) in [4.78, 5) is 17.6. The van der Waals surface area contributed by atoms with Gasteiger partial charge in [-0.2, -0.15) is 0 Å². The molecule has 2 aromatic rings. The number of hydrogen-bond donors (Lipinski definition) is 2. The number of rotatable bonds is 1. The van der Waals surface area contributed by atoms with Crippen molar-refractivity contribution in [2.24, 2.45) is 0 Å². The van der Waals surface area contributed by atoms with Crippen LogP contribution in [0.2, 0.25) is 5.28 Å². The zero-order valence-electron chi connectivity index (χ0n) is 7.57. The summed E-state index contributed by atoms with van der Waals surface area (Å²) in [6, 6.07) is 6.37. The maximum atomic E-state index is 11.5. The van der Waals surface area contributed by atoms with E-state index in [2.05, 4.69) is 9.97 Å². The summed E-state index contributed by atoms with van der Waals surface area (Å²) in [7, 11) is 0. The highest BCUT2D eigenvalue weighted by atomic mass is 35.5. The van der Waals surface area contributed by atoms with Gasteiger partial charge in [0, 0.05) is 6.20 Å². The Hall–Kier alpha value is -1.81. The lowest BCUT2D eigenvalue weighted by Crippen LogP contribution is -2.09. The van der Waals surface area contributed by atoms with Crippen LogP contribution in [-0.4, -0.2) is 15.1 Å². The van der Waals surface area contributed by atoms with E-state index in [0.717, 1.165) is 0 Å². The van der Waals surface area contributed by atoms with Crippen LogP contribution in [0.25, 0.3) is 11.1 Å². The van der Waals surface area contributed by atoms with Crippen molar-refractivity contribution < 1.29 is 5.11 Å². The molecule has 0 bridgehead atoms. The van der Waals surface area contributed by atoms with E-state index < -0.39 is 0 Å². The number of nitrogens with one attached hydrogen (secondary N) is 1. The van der Waals surface area contributed by atoms with E-state index in [4.69, 9.17) is 11.6 Å². The maximum Gasteiger partial charge on any atom is 0.259 e.